The van der Waals surface area contributed by atoms with Gasteiger partial charge in [-0.1, -0.05) is 33.5 Å². The van der Waals surface area contributed by atoms with Crippen LogP contribution in [0.1, 0.15) is 13.8 Å². The van der Waals surface area contributed by atoms with E-state index < -0.39 is 8.07 Å². The van der Waals surface area contributed by atoms with Crippen LogP contribution in [0.15, 0.2) is 5.20 Å². The zero-order valence-corrected chi connectivity index (χ0v) is 9.00. The summed E-state index contributed by atoms with van der Waals surface area (Å²) in [5.74, 6) is 0. The smallest absolute Gasteiger partial charge is 0.496 e. The van der Waals surface area contributed by atoms with Crippen LogP contribution in [0.25, 0.3) is 0 Å². The van der Waals surface area contributed by atoms with E-state index in [1.165, 1.54) is 0 Å². The maximum Gasteiger partial charge on any atom is 1.00 e. The summed E-state index contributed by atoms with van der Waals surface area (Å²) in [6, 6.07) is 0. The molecule has 1 aliphatic carbocycles. The van der Waals surface area contributed by atoms with Crippen LogP contribution in [0, 0.1) is 11.5 Å². The molecule has 0 aromatic heterocycles. The second-order valence-corrected chi connectivity index (χ2v) is 9.38. The van der Waals surface area contributed by atoms with Crippen LogP contribution >= 0.6 is 0 Å². The molecule has 52 valence electrons. The predicted molar refractivity (Wildman–Crippen MR) is 43.9 cm³/mol. The van der Waals surface area contributed by atoms with Gasteiger partial charge in [0.25, 0.3) is 0 Å². The molecule has 0 nitrogen and oxygen atoms in total. The summed E-state index contributed by atoms with van der Waals surface area (Å²) in [6.45, 7) is 11.6. The summed E-state index contributed by atoms with van der Waals surface area (Å²) < 4.78 is 0. The summed E-state index contributed by atoms with van der Waals surface area (Å²) in [6.07, 6.45) is 3.43. The molecule has 0 radical (unpaired) electrons. The summed E-state index contributed by atoms with van der Waals surface area (Å²) in [4.78, 5) is 0. The van der Waals surface area contributed by atoms with Crippen LogP contribution in [0.5, 0.6) is 0 Å². The van der Waals surface area contributed by atoms with Gasteiger partial charge in [0.1, 0.15) is 0 Å². The van der Waals surface area contributed by atoms with Crippen molar-refractivity contribution < 1.29 is 18.9 Å². The topological polar surface area (TPSA) is 0 Å². The van der Waals surface area contributed by atoms with E-state index in [2.05, 4.69) is 39.6 Å². The van der Waals surface area contributed by atoms with Crippen molar-refractivity contribution in [3.8, 4) is 0 Å². The Labute approximate surface area is 77.3 Å². The molecule has 0 N–H and O–H groups in total. The van der Waals surface area contributed by atoms with Gasteiger partial charge in [0, 0.05) is 8.07 Å². The summed E-state index contributed by atoms with van der Waals surface area (Å²) >= 11 is 0. The second-order valence-electron chi connectivity index (χ2n) is 4.38. The van der Waals surface area contributed by atoms with E-state index in [1.807, 2.05) is 0 Å². The third-order valence-electron chi connectivity index (χ3n) is 1.75. The number of hydrogen-bond donors (Lipinski definition) is 0. The fourth-order valence-electron chi connectivity index (χ4n) is 1.41. The third-order valence-corrected chi connectivity index (χ3v) is 4.00. The van der Waals surface area contributed by atoms with Gasteiger partial charge in [0.15, 0.2) is 0 Å². The van der Waals surface area contributed by atoms with Crippen LogP contribution in [0.2, 0.25) is 19.6 Å². The molecule has 2 heteroatoms. The molecule has 10 heavy (non-hydrogen) atoms. The predicted octanol–water partition coefficient (Wildman–Crippen LogP) is -0.363. The Balaban J connectivity index is 0.000000810. The van der Waals surface area contributed by atoms with E-state index in [-0.39, 0.29) is 18.9 Å². The molecule has 0 aromatic rings. The van der Waals surface area contributed by atoms with Crippen LogP contribution in [-0.2, 0) is 0 Å². The third kappa shape index (κ3) is 2.02. The Bertz CT molecular complexity index is 163. The zero-order chi connectivity index (χ0) is 7.28. The minimum Gasteiger partial charge on any atom is -0.496 e. The molecule has 0 amide bonds. The Kier molecular flexibility index (Phi) is 2.69. The average Bonchev–Trinajstić information content (AvgIpc) is 2.10. The summed E-state index contributed by atoms with van der Waals surface area (Å²) in [7, 11) is -0.953. The van der Waals surface area contributed by atoms with E-state index >= 15 is 0 Å². The van der Waals surface area contributed by atoms with Crippen molar-refractivity contribution in [1.82, 2.24) is 0 Å². The molecular formula is C8H15LiSi. The first-order valence-electron chi connectivity index (χ1n) is 3.50. The van der Waals surface area contributed by atoms with E-state index in [0.717, 1.165) is 0 Å². The van der Waals surface area contributed by atoms with Crippen molar-refractivity contribution in [3.05, 3.63) is 11.3 Å². The Morgan fingerprint density at radius 1 is 1.20 bits per heavy atom. The minimum absolute atomic E-state index is 0. The van der Waals surface area contributed by atoms with Crippen molar-refractivity contribution in [1.29, 1.82) is 0 Å². The van der Waals surface area contributed by atoms with Gasteiger partial charge in [-0.2, -0.15) is 5.41 Å². The van der Waals surface area contributed by atoms with Gasteiger partial charge in [0.2, 0.25) is 0 Å². The van der Waals surface area contributed by atoms with Crippen molar-refractivity contribution in [2.45, 2.75) is 33.5 Å². The molecule has 0 saturated heterocycles. The summed E-state index contributed by atoms with van der Waals surface area (Å²) in [5.41, 5.74) is 0.379. The minimum atomic E-state index is -0.953. The molecule has 0 heterocycles. The van der Waals surface area contributed by atoms with Crippen molar-refractivity contribution in [3.63, 3.8) is 0 Å². The largest absolute Gasteiger partial charge is 1.00 e. The van der Waals surface area contributed by atoms with Gasteiger partial charge in [0.05, 0.1) is 0 Å². The average molecular weight is 146 g/mol. The fourth-order valence-corrected chi connectivity index (χ4v) is 3.97. The van der Waals surface area contributed by atoms with E-state index in [1.54, 1.807) is 5.20 Å². The molecule has 1 rings (SSSR count). The van der Waals surface area contributed by atoms with Crippen LogP contribution in [0.4, 0.5) is 0 Å². The maximum atomic E-state index is 3.43. The Hall–Kier alpha value is 0.554. The fraction of sp³-hybridized carbons (Fsp3) is 0.750. The summed E-state index contributed by atoms with van der Waals surface area (Å²) in [5, 5.41) is 1.62. The van der Waals surface area contributed by atoms with Gasteiger partial charge < -0.3 is 6.08 Å². The van der Waals surface area contributed by atoms with Crippen molar-refractivity contribution in [2.24, 2.45) is 5.41 Å². The maximum absolute atomic E-state index is 3.43. The van der Waals surface area contributed by atoms with Crippen LogP contribution in [0.3, 0.4) is 0 Å². The van der Waals surface area contributed by atoms with E-state index in [9.17, 15) is 0 Å². The van der Waals surface area contributed by atoms with Gasteiger partial charge in [-0.15, -0.1) is 0 Å². The van der Waals surface area contributed by atoms with Crippen LogP contribution in [-0.4, -0.2) is 8.07 Å². The molecule has 0 aliphatic heterocycles. The first-order valence-corrected chi connectivity index (χ1v) is 7.00. The van der Waals surface area contributed by atoms with Gasteiger partial charge in [-0.3, -0.25) is 5.20 Å². The van der Waals surface area contributed by atoms with Gasteiger partial charge in [-0.05, 0) is 0 Å². The van der Waals surface area contributed by atoms with Crippen molar-refractivity contribution >= 4 is 8.07 Å². The Morgan fingerprint density at radius 2 is 1.50 bits per heavy atom. The number of hydrogen-bond acceptors (Lipinski definition) is 0. The monoisotopic (exact) mass is 146 g/mol. The first-order chi connectivity index (χ1) is 3.84. The molecule has 0 aromatic carbocycles. The number of allylic oxidation sites excluding steroid dienone is 2. The van der Waals surface area contributed by atoms with E-state index in [0.29, 0.717) is 5.41 Å². The molecule has 0 saturated carbocycles. The standard InChI is InChI=1S/C8H15Si.Li/c1-8(2)6-7(8)9(3,4)5;/h1-5H3;/q-1;+1. The molecule has 0 fully saturated rings. The molecule has 0 atom stereocenters. The zero-order valence-electron chi connectivity index (χ0n) is 8.00. The quantitative estimate of drug-likeness (QED) is 0.350. The van der Waals surface area contributed by atoms with Gasteiger partial charge in [-0.25, -0.2) is 0 Å². The molecule has 0 bridgehead atoms. The Morgan fingerprint density at radius 3 is 1.50 bits per heavy atom. The molecular weight excluding hydrogens is 131 g/mol. The second kappa shape index (κ2) is 2.55. The van der Waals surface area contributed by atoms with Crippen molar-refractivity contribution in [2.75, 3.05) is 0 Å². The van der Waals surface area contributed by atoms with E-state index in [4.69, 9.17) is 0 Å². The van der Waals surface area contributed by atoms with Crippen LogP contribution < -0.4 is 18.9 Å². The SMILES string of the molecule is CC1(C)[C-]=C1[Si](C)(C)C.[Li+]. The number of rotatable bonds is 1. The van der Waals surface area contributed by atoms with Gasteiger partial charge >= 0.3 is 18.9 Å². The molecule has 1 aliphatic rings. The molecule has 0 spiro atoms. The first kappa shape index (κ1) is 10.6. The molecule has 0 unspecified atom stereocenters. The normalized spacial score (nSPS) is 21.1.